The predicted molar refractivity (Wildman–Crippen MR) is 114 cm³/mol. The van der Waals surface area contributed by atoms with E-state index in [2.05, 4.69) is 52.0 Å². The van der Waals surface area contributed by atoms with Gasteiger partial charge in [0.1, 0.15) is 11.3 Å². The molecule has 3 aromatic rings. The van der Waals surface area contributed by atoms with Gasteiger partial charge in [0.25, 0.3) is 0 Å². The maximum absolute atomic E-state index is 12.5. The summed E-state index contributed by atoms with van der Waals surface area (Å²) in [6.07, 6.45) is 3.96. The molecule has 144 valence electrons. The maximum atomic E-state index is 12.5. The molecule has 28 heavy (non-hydrogen) atoms. The van der Waals surface area contributed by atoms with Crippen molar-refractivity contribution in [1.29, 1.82) is 0 Å². The first-order valence-corrected chi connectivity index (χ1v) is 10.6. The highest BCUT2D eigenvalue weighted by atomic mass is 79.9. The van der Waals surface area contributed by atoms with Crippen molar-refractivity contribution in [2.24, 2.45) is 0 Å². The second-order valence-corrected chi connectivity index (χ2v) is 8.74. The van der Waals surface area contributed by atoms with Crippen molar-refractivity contribution in [3.63, 3.8) is 0 Å². The molecule has 2 aromatic carbocycles. The molecule has 1 aliphatic heterocycles. The number of anilines is 1. The zero-order chi connectivity index (χ0) is 19.4. The van der Waals surface area contributed by atoms with Crippen molar-refractivity contribution in [1.82, 2.24) is 0 Å². The van der Waals surface area contributed by atoms with Crippen LogP contribution in [0.4, 0.5) is 5.69 Å². The van der Waals surface area contributed by atoms with E-state index in [0.29, 0.717) is 12.3 Å². The van der Waals surface area contributed by atoms with E-state index in [0.717, 1.165) is 64.5 Å². The summed E-state index contributed by atoms with van der Waals surface area (Å²) in [5.41, 5.74) is 7.04. The molecule has 1 aromatic heterocycles. The topological polar surface area (TPSA) is 42.7 Å². The van der Waals surface area contributed by atoms with E-state index in [4.69, 9.17) is 9.15 Å². The van der Waals surface area contributed by atoms with Gasteiger partial charge >= 0.3 is 5.63 Å². The molecule has 0 atom stereocenters. The first kappa shape index (κ1) is 17.8. The Balaban J connectivity index is 1.64. The summed E-state index contributed by atoms with van der Waals surface area (Å²) in [5, 5.41) is 1.09. The zero-order valence-corrected chi connectivity index (χ0v) is 17.7. The van der Waals surface area contributed by atoms with E-state index in [9.17, 15) is 4.79 Å². The van der Waals surface area contributed by atoms with Crippen molar-refractivity contribution >= 4 is 32.6 Å². The molecule has 0 radical (unpaired) electrons. The number of hydrogen-bond acceptors (Lipinski definition) is 4. The molecule has 0 saturated heterocycles. The van der Waals surface area contributed by atoms with Gasteiger partial charge in [-0.3, -0.25) is 0 Å². The van der Waals surface area contributed by atoms with E-state index in [1.165, 1.54) is 16.8 Å². The lowest BCUT2D eigenvalue weighted by atomic mass is 9.89. The number of fused-ring (bicyclic) bond motifs is 4. The fraction of sp³-hybridized carbons (Fsp3) is 0.348. The third-order valence-electron chi connectivity index (χ3n) is 6.00. The normalized spacial score (nSPS) is 15.9. The molecule has 4 nitrogen and oxygen atoms in total. The Morgan fingerprint density at radius 3 is 2.64 bits per heavy atom. The van der Waals surface area contributed by atoms with Gasteiger partial charge in [-0.05, 0) is 74.9 Å². The van der Waals surface area contributed by atoms with E-state index in [1.807, 2.05) is 6.92 Å². The van der Waals surface area contributed by atoms with Crippen LogP contribution >= 0.6 is 15.9 Å². The molecule has 2 heterocycles. The van der Waals surface area contributed by atoms with Gasteiger partial charge < -0.3 is 14.1 Å². The molecule has 0 N–H and O–H groups in total. The van der Waals surface area contributed by atoms with E-state index in [-0.39, 0.29) is 5.63 Å². The van der Waals surface area contributed by atoms with Gasteiger partial charge in [0, 0.05) is 38.8 Å². The Hall–Kier alpha value is -2.27. The lowest BCUT2D eigenvalue weighted by molar-refractivity contribution is 0.287. The number of benzene rings is 2. The maximum Gasteiger partial charge on any atom is 0.339 e. The molecule has 0 spiro atoms. The fourth-order valence-corrected chi connectivity index (χ4v) is 5.11. The molecule has 0 amide bonds. The van der Waals surface area contributed by atoms with Crippen molar-refractivity contribution in [3.8, 4) is 5.75 Å². The van der Waals surface area contributed by atoms with Crippen LogP contribution in [0.3, 0.4) is 0 Å². The highest BCUT2D eigenvalue weighted by molar-refractivity contribution is 9.10. The van der Waals surface area contributed by atoms with E-state index >= 15 is 0 Å². The van der Waals surface area contributed by atoms with Crippen LogP contribution in [0.25, 0.3) is 11.0 Å². The highest BCUT2D eigenvalue weighted by Crippen LogP contribution is 2.39. The second kappa shape index (κ2) is 6.66. The van der Waals surface area contributed by atoms with E-state index < -0.39 is 0 Å². The number of hydrogen-bond donors (Lipinski definition) is 0. The van der Waals surface area contributed by atoms with Crippen LogP contribution in [0.5, 0.6) is 5.75 Å². The summed E-state index contributed by atoms with van der Waals surface area (Å²) in [4.78, 5) is 14.7. The van der Waals surface area contributed by atoms with Crippen LogP contribution in [-0.2, 0) is 19.4 Å². The van der Waals surface area contributed by atoms with Crippen molar-refractivity contribution in [2.75, 3.05) is 11.6 Å². The van der Waals surface area contributed by atoms with Gasteiger partial charge in [0.15, 0.2) is 6.73 Å². The lowest BCUT2D eigenvalue weighted by Crippen LogP contribution is -2.32. The molecule has 5 heteroatoms. The molecular formula is C23H22BrNO3. The Bertz CT molecular complexity index is 1160. The Morgan fingerprint density at radius 1 is 1.07 bits per heavy atom. The average Bonchev–Trinajstić information content (AvgIpc) is 2.69. The van der Waals surface area contributed by atoms with Crippen molar-refractivity contribution in [2.45, 2.75) is 46.1 Å². The summed E-state index contributed by atoms with van der Waals surface area (Å²) < 4.78 is 13.0. The minimum absolute atomic E-state index is 0.173. The molecule has 2 aliphatic rings. The first-order valence-electron chi connectivity index (χ1n) is 9.78. The van der Waals surface area contributed by atoms with Gasteiger partial charge in [-0.1, -0.05) is 15.9 Å². The number of nitrogens with zero attached hydrogens (tertiary/aromatic N) is 1. The molecular weight excluding hydrogens is 418 g/mol. The molecule has 5 rings (SSSR count). The fourth-order valence-electron chi connectivity index (χ4n) is 4.63. The van der Waals surface area contributed by atoms with Crippen LogP contribution in [-0.4, -0.2) is 6.73 Å². The molecule has 0 saturated carbocycles. The minimum Gasteiger partial charge on any atom is -0.472 e. The van der Waals surface area contributed by atoms with Crippen LogP contribution in [0.1, 0.15) is 40.7 Å². The third kappa shape index (κ3) is 2.75. The monoisotopic (exact) mass is 439 g/mol. The number of rotatable bonds is 1. The Labute approximate surface area is 172 Å². The number of ether oxygens (including phenoxy) is 1. The number of halogens is 1. The Kier molecular flexibility index (Phi) is 4.23. The molecule has 0 bridgehead atoms. The van der Waals surface area contributed by atoms with Crippen molar-refractivity contribution < 1.29 is 9.15 Å². The summed E-state index contributed by atoms with van der Waals surface area (Å²) in [6, 6.07) is 8.50. The largest absolute Gasteiger partial charge is 0.472 e. The summed E-state index contributed by atoms with van der Waals surface area (Å²) in [7, 11) is 0. The van der Waals surface area contributed by atoms with Crippen LogP contribution in [0, 0.1) is 13.8 Å². The average molecular weight is 440 g/mol. The van der Waals surface area contributed by atoms with Gasteiger partial charge in [-0.25, -0.2) is 4.79 Å². The van der Waals surface area contributed by atoms with Crippen LogP contribution in [0.2, 0.25) is 0 Å². The second-order valence-electron chi connectivity index (χ2n) is 7.82. The zero-order valence-electron chi connectivity index (χ0n) is 16.1. The summed E-state index contributed by atoms with van der Waals surface area (Å²) in [6.45, 7) is 5.38. The summed E-state index contributed by atoms with van der Waals surface area (Å²) >= 11 is 3.54. The molecule has 0 fully saturated rings. The molecule has 0 unspecified atom stereocenters. The predicted octanol–water partition coefficient (Wildman–Crippen LogP) is 5.41. The quantitative estimate of drug-likeness (QED) is 0.475. The first-order chi connectivity index (χ1) is 13.5. The van der Waals surface area contributed by atoms with Gasteiger partial charge in [-0.2, -0.15) is 0 Å². The summed E-state index contributed by atoms with van der Waals surface area (Å²) in [5.74, 6) is 0.859. The molecule has 1 aliphatic carbocycles. The highest BCUT2D eigenvalue weighted by Gasteiger charge is 2.26. The van der Waals surface area contributed by atoms with Gasteiger partial charge in [0.05, 0.1) is 0 Å². The van der Waals surface area contributed by atoms with Crippen molar-refractivity contribution in [3.05, 3.63) is 67.0 Å². The lowest BCUT2D eigenvalue weighted by Gasteiger charge is -2.33. The standard InChI is InChI=1S/C23H22BrNO3/c1-13-9-16(24)7-8-20(13)25-11-15-10-19-17-5-3-4-6-18(17)23(26)28-22(19)14(2)21(15)27-12-25/h7-10H,3-6,11-12H2,1-2H3. The minimum atomic E-state index is -0.173. The Morgan fingerprint density at radius 2 is 1.86 bits per heavy atom. The SMILES string of the molecule is Cc1cc(Br)ccc1N1COc2c(cc3c4c(c(=O)oc3c2C)CCCC4)C1. The smallest absolute Gasteiger partial charge is 0.339 e. The van der Waals surface area contributed by atoms with Gasteiger partial charge in [0.2, 0.25) is 0 Å². The van der Waals surface area contributed by atoms with Crippen LogP contribution in [0.15, 0.2) is 37.9 Å². The number of aryl methyl sites for hydroxylation is 3. The van der Waals surface area contributed by atoms with Crippen LogP contribution < -0.4 is 15.3 Å². The van der Waals surface area contributed by atoms with Gasteiger partial charge in [-0.15, -0.1) is 0 Å². The van der Waals surface area contributed by atoms with E-state index in [1.54, 1.807) is 0 Å². The third-order valence-corrected chi connectivity index (χ3v) is 6.49.